The molecule has 2 N–H and O–H groups in total. The molecule has 1 aliphatic carbocycles. The largest absolute Gasteiger partial charge is 0.379 e. The van der Waals surface area contributed by atoms with Gasteiger partial charge >= 0.3 is 0 Å². The Bertz CT molecular complexity index is 648. The Kier molecular flexibility index (Phi) is 5.48. The molecule has 1 aliphatic heterocycles. The molecule has 1 atom stereocenters. The van der Waals surface area contributed by atoms with E-state index in [1.165, 1.54) is 0 Å². The van der Waals surface area contributed by atoms with Crippen LogP contribution in [0.2, 0.25) is 0 Å². The number of nitrogens with two attached hydrogens (primary N) is 1. The number of pyridine rings is 1. The van der Waals surface area contributed by atoms with Crippen LogP contribution in [-0.4, -0.2) is 39.0 Å². The van der Waals surface area contributed by atoms with Gasteiger partial charge in [0.25, 0.3) is 0 Å². The van der Waals surface area contributed by atoms with E-state index in [-0.39, 0.29) is 12.4 Å². The lowest BCUT2D eigenvalue weighted by molar-refractivity contribution is 0.183. The van der Waals surface area contributed by atoms with Crippen LogP contribution in [-0.2, 0) is 4.74 Å². The van der Waals surface area contributed by atoms with E-state index in [0.29, 0.717) is 18.0 Å². The van der Waals surface area contributed by atoms with Crippen LogP contribution in [0.3, 0.4) is 0 Å². The molecule has 2 fully saturated rings. The predicted molar refractivity (Wildman–Crippen MR) is 94.2 cm³/mol. The van der Waals surface area contributed by atoms with Crippen LogP contribution < -0.4 is 5.73 Å². The highest BCUT2D eigenvalue weighted by Gasteiger charge is 2.30. The molecule has 2 aromatic heterocycles. The van der Waals surface area contributed by atoms with Crippen molar-refractivity contribution in [3.05, 3.63) is 30.2 Å². The molecule has 0 aromatic carbocycles. The summed E-state index contributed by atoms with van der Waals surface area (Å²) in [5.41, 5.74) is 6.89. The standard InChI is InChI=1S/C17H23N5O.ClH/c18-13-6-4-12(5-7-13)17-20-16(15-3-1-2-9-19-15)21-22(17)14-8-10-23-11-14;/h1-3,9,12-14H,4-8,10-11,18H2;1H. The van der Waals surface area contributed by atoms with E-state index in [1.807, 2.05) is 18.2 Å². The zero-order chi connectivity index (χ0) is 15.6. The Labute approximate surface area is 148 Å². The summed E-state index contributed by atoms with van der Waals surface area (Å²) in [7, 11) is 0. The fraction of sp³-hybridized carbons (Fsp3) is 0.588. The molecule has 2 aliphatic rings. The lowest BCUT2D eigenvalue weighted by Gasteiger charge is -2.26. The summed E-state index contributed by atoms with van der Waals surface area (Å²) >= 11 is 0. The molecule has 3 heterocycles. The minimum Gasteiger partial charge on any atom is -0.379 e. The summed E-state index contributed by atoms with van der Waals surface area (Å²) in [5, 5.41) is 4.79. The molecule has 6 nitrogen and oxygen atoms in total. The SMILES string of the molecule is Cl.NC1CCC(c2nc(-c3ccccn3)nn2C2CCOC2)CC1. The fourth-order valence-electron chi connectivity index (χ4n) is 3.58. The monoisotopic (exact) mass is 349 g/mol. The quantitative estimate of drug-likeness (QED) is 0.921. The van der Waals surface area contributed by atoms with Gasteiger partial charge in [-0.15, -0.1) is 17.5 Å². The second-order valence-electron chi connectivity index (χ2n) is 6.58. The molecule has 1 unspecified atom stereocenters. The van der Waals surface area contributed by atoms with Gasteiger partial charge < -0.3 is 10.5 Å². The molecule has 7 heteroatoms. The van der Waals surface area contributed by atoms with Gasteiger partial charge in [-0.2, -0.15) is 0 Å². The summed E-state index contributed by atoms with van der Waals surface area (Å²) in [6, 6.07) is 6.49. The molecule has 24 heavy (non-hydrogen) atoms. The van der Waals surface area contributed by atoms with E-state index in [4.69, 9.17) is 20.6 Å². The van der Waals surface area contributed by atoms with Crippen LogP contribution in [0.15, 0.2) is 24.4 Å². The minimum absolute atomic E-state index is 0. The van der Waals surface area contributed by atoms with Gasteiger partial charge in [-0.3, -0.25) is 4.98 Å². The fourth-order valence-corrected chi connectivity index (χ4v) is 3.58. The molecule has 0 amide bonds. The van der Waals surface area contributed by atoms with Gasteiger partial charge in [0.1, 0.15) is 11.5 Å². The van der Waals surface area contributed by atoms with Crippen LogP contribution in [0.4, 0.5) is 0 Å². The van der Waals surface area contributed by atoms with Crippen LogP contribution >= 0.6 is 12.4 Å². The topological polar surface area (TPSA) is 78.9 Å². The third-order valence-electron chi connectivity index (χ3n) is 4.94. The average molecular weight is 350 g/mol. The third kappa shape index (κ3) is 3.45. The van der Waals surface area contributed by atoms with E-state index in [2.05, 4.69) is 9.67 Å². The second kappa shape index (κ2) is 7.59. The third-order valence-corrected chi connectivity index (χ3v) is 4.94. The van der Waals surface area contributed by atoms with Crippen molar-refractivity contribution in [3.8, 4) is 11.5 Å². The lowest BCUT2D eigenvalue weighted by atomic mass is 9.86. The van der Waals surface area contributed by atoms with Gasteiger partial charge in [-0.25, -0.2) is 9.67 Å². The van der Waals surface area contributed by atoms with Gasteiger partial charge in [-0.05, 0) is 44.2 Å². The van der Waals surface area contributed by atoms with Gasteiger partial charge in [0.15, 0.2) is 5.82 Å². The number of hydrogen-bond donors (Lipinski definition) is 1. The van der Waals surface area contributed by atoms with Crippen molar-refractivity contribution in [3.63, 3.8) is 0 Å². The minimum atomic E-state index is 0. The molecular formula is C17H24ClN5O. The molecule has 4 rings (SSSR count). The molecule has 2 aromatic rings. The molecule has 0 radical (unpaired) electrons. The van der Waals surface area contributed by atoms with Crippen molar-refractivity contribution in [2.75, 3.05) is 13.2 Å². The molecule has 130 valence electrons. The Morgan fingerprint density at radius 1 is 1.12 bits per heavy atom. The number of ether oxygens (including phenoxy) is 1. The van der Waals surface area contributed by atoms with Crippen molar-refractivity contribution in [1.29, 1.82) is 0 Å². The smallest absolute Gasteiger partial charge is 0.200 e. The van der Waals surface area contributed by atoms with Gasteiger partial charge in [0, 0.05) is 24.8 Å². The highest BCUT2D eigenvalue weighted by Crippen LogP contribution is 2.34. The summed E-state index contributed by atoms with van der Waals surface area (Å²) < 4.78 is 7.67. The van der Waals surface area contributed by atoms with Gasteiger partial charge in [0.05, 0.1) is 12.6 Å². The lowest BCUT2D eigenvalue weighted by Crippen LogP contribution is -2.27. The number of halogens is 1. The van der Waals surface area contributed by atoms with Crippen LogP contribution in [0.1, 0.15) is 49.9 Å². The van der Waals surface area contributed by atoms with Crippen LogP contribution in [0.25, 0.3) is 11.5 Å². The van der Waals surface area contributed by atoms with Crippen molar-refractivity contribution >= 4 is 12.4 Å². The highest BCUT2D eigenvalue weighted by molar-refractivity contribution is 5.85. The first kappa shape index (κ1) is 17.3. The van der Waals surface area contributed by atoms with Crippen molar-refractivity contribution < 1.29 is 4.74 Å². The predicted octanol–water partition coefficient (Wildman–Crippen LogP) is 2.71. The molecular weight excluding hydrogens is 326 g/mol. The van der Waals surface area contributed by atoms with Crippen molar-refractivity contribution in [2.24, 2.45) is 5.73 Å². The van der Waals surface area contributed by atoms with Crippen LogP contribution in [0, 0.1) is 0 Å². The van der Waals surface area contributed by atoms with E-state index >= 15 is 0 Å². The molecule has 1 saturated carbocycles. The Balaban J connectivity index is 0.00000169. The first-order valence-electron chi connectivity index (χ1n) is 8.52. The van der Waals surface area contributed by atoms with E-state index in [0.717, 1.165) is 62.7 Å². The molecule has 0 bridgehead atoms. The summed E-state index contributed by atoms with van der Waals surface area (Å²) in [6.45, 7) is 1.53. The zero-order valence-corrected chi connectivity index (χ0v) is 14.5. The van der Waals surface area contributed by atoms with E-state index in [9.17, 15) is 0 Å². The highest BCUT2D eigenvalue weighted by atomic mass is 35.5. The number of nitrogens with zero attached hydrogens (tertiary/aromatic N) is 4. The Hall–Kier alpha value is -1.50. The summed E-state index contributed by atoms with van der Waals surface area (Å²) in [6.07, 6.45) is 7.11. The Morgan fingerprint density at radius 3 is 2.62 bits per heavy atom. The maximum Gasteiger partial charge on any atom is 0.200 e. The summed E-state index contributed by atoms with van der Waals surface area (Å²) in [4.78, 5) is 9.26. The number of aromatic nitrogens is 4. The van der Waals surface area contributed by atoms with Crippen molar-refractivity contribution in [2.45, 2.75) is 50.1 Å². The van der Waals surface area contributed by atoms with E-state index < -0.39 is 0 Å². The van der Waals surface area contributed by atoms with E-state index in [1.54, 1.807) is 6.20 Å². The molecule has 1 saturated heterocycles. The van der Waals surface area contributed by atoms with Gasteiger partial charge in [-0.1, -0.05) is 6.07 Å². The maximum absolute atomic E-state index is 6.06. The first-order valence-corrected chi connectivity index (χ1v) is 8.52. The Morgan fingerprint density at radius 2 is 1.96 bits per heavy atom. The number of hydrogen-bond acceptors (Lipinski definition) is 5. The normalized spacial score (nSPS) is 27.0. The maximum atomic E-state index is 6.06. The van der Waals surface area contributed by atoms with Crippen molar-refractivity contribution in [1.82, 2.24) is 19.7 Å². The summed E-state index contributed by atoms with van der Waals surface area (Å²) in [5.74, 6) is 2.26. The van der Waals surface area contributed by atoms with Crippen LogP contribution in [0.5, 0.6) is 0 Å². The average Bonchev–Trinajstić information content (AvgIpc) is 3.26. The van der Waals surface area contributed by atoms with Gasteiger partial charge in [0.2, 0.25) is 0 Å². The first-order chi connectivity index (χ1) is 11.3. The second-order valence-corrected chi connectivity index (χ2v) is 6.58. The molecule has 0 spiro atoms. The number of rotatable bonds is 3. The zero-order valence-electron chi connectivity index (χ0n) is 13.7.